The summed E-state index contributed by atoms with van der Waals surface area (Å²) in [5.41, 5.74) is 5.17. The van der Waals surface area contributed by atoms with Crippen molar-refractivity contribution in [2.75, 3.05) is 13.2 Å². The van der Waals surface area contributed by atoms with Crippen molar-refractivity contribution in [2.24, 2.45) is 17.8 Å². The number of hydrogen-bond acceptors (Lipinski definition) is 7. The molecule has 4 aromatic rings. The zero-order chi connectivity index (χ0) is 42.6. The second-order valence-electron chi connectivity index (χ2n) is 16.8. The predicted molar refractivity (Wildman–Crippen MR) is 232 cm³/mol. The van der Waals surface area contributed by atoms with Gasteiger partial charge in [0.05, 0.1) is 31.2 Å². The fourth-order valence-electron chi connectivity index (χ4n) is 8.01. The second kappa shape index (κ2) is 21.1. The van der Waals surface area contributed by atoms with Gasteiger partial charge in [-0.05, 0) is 69.2 Å². The maximum atomic E-state index is 14.4. The van der Waals surface area contributed by atoms with Gasteiger partial charge in [0.25, 0.3) is 0 Å². The van der Waals surface area contributed by atoms with Crippen molar-refractivity contribution in [3.05, 3.63) is 108 Å². The van der Waals surface area contributed by atoms with Crippen LogP contribution in [0.5, 0.6) is 0 Å². The molecule has 0 spiro atoms. The van der Waals surface area contributed by atoms with Gasteiger partial charge >= 0.3 is 6.09 Å². The number of nitrogens with one attached hydrogen (secondary N) is 4. The number of alkyl carbamates (subject to hydrolysis) is 1. The highest BCUT2D eigenvalue weighted by Crippen LogP contribution is 2.44. The van der Waals surface area contributed by atoms with E-state index >= 15 is 0 Å². The van der Waals surface area contributed by atoms with Gasteiger partial charge in [-0.1, -0.05) is 139 Å². The molecular weight excluding hydrogens is 745 g/mol. The number of hydrogen-bond donors (Lipinski definition) is 6. The number of carbonyl (C=O) groups is 4. The number of benzene rings is 4. The molecule has 0 saturated carbocycles. The first-order valence-corrected chi connectivity index (χ1v) is 21.1. The van der Waals surface area contributed by atoms with Gasteiger partial charge in [0.15, 0.2) is 0 Å². The van der Waals surface area contributed by atoms with Gasteiger partial charge in [-0.2, -0.15) is 0 Å². The lowest BCUT2D eigenvalue weighted by Crippen LogP contribution is -2.57. The van der Waals surface area contributed by atoms with E-state index in [2.05, 4.69) is 33.4 Å². The standard InChI is InChI=1S/C48H62N4O7/c1-7-31(6)43(27-53)49-45(55)26-44(54)40(23-29(2)3)50-46(56)41(24-30(4)5)51-47(57)42(25-33-17-14-16-32-15-8-9-18-34(32)33)52-48(58)59-28-39-37-21-12-10-19-35(37)36-20-11-13-22-38(36)39/h8-22,29-31,39-44,53-54H,7,23-28H2,1-6H3,(H,49,55)(H,50,56)(H,51,57)(H,52,58)/t31?,40?,41-,42-,43+,44?/m0/s1. The molecule has 4 aromatic carbocycles. The molecule has 0 bridgehead atoms. The molecule has 6 atom stereocenters. The summed E-state index contributed by atoms with van der Waals surface area (Å²) in [6.45, 7) is 11.5. The normalized spacial score (nSPS) is 15.4. The molecule has 0 saturated heterocycles. The smallest absolute Gasteiger partial charge is 0.407 e. The summed E-state index contributed by atoms with van der Waals surface area (Å²) in [7, 11) is 0. The summed E-state index contributed by atoms with van der Waals surface area (Å²) in [6, 6.07) is 26.4. The summed E-state index contributed by atoms with van der Waals surface area (Å²) in [5.74, 6) is -1.57. The highest BCUT2D eigenvalue weighted by Gasteiger charge is 2.33. The molecule has 0 radical (unpaired) electrons. The van der Waals surface area contributed by atoms with Crippen molar-refractivity contribution in [1.29, 1.82) is 0 Å². The van der Waals surface area contributed by atoms with E-state index in [9.17, 15) is 29.4 Å². The molecule has 3 unspecified atom stereocenters. The van der Waals surface area contributed by atoms with Crippen molar-refractivity contribution in [3.8, 4) is 11.1 Å². The van der Waals surface area contributed by atoms with Crippen LogP contribution < -0.4 is 21.3 Å². The fourth-order valence-corrected chi connectivity index (χ4v) is 8.01. The zero-order valence-electron chi connectivity index (χ0n) is 35.2. The lowest BCUT2D eigenvalue weighted by molar-refractivity contribution is -0.132. The molecule has 0 aliphatic heterocycles. The third kappa shape index (κ3) is 11.9. The Labute approximate surface area is 348 Å². The van der Waals surface area contributed by atoms with E-state index in [4.69, 9.17) is 4.74 Å². The lowest BCUT2D eigenvalue weighted by atomic mass is 9.95. The van der Waals surface area contributed by atoms with Gasteiger partial charge in [-0.15, -0.1) is 0 Å². The highest BCUT2D eigenvalue weighted by molar-refractivity contribution is 5.93. The van der Waals surface area contributed by atoms with Crippen molar-refractivity contribution in [3.63, 3.8) is 0 Å². The summed E-state index contributed by atoms with van der Waals surface area (Å²) in [6.07, 6.45) is -0.709. The Hall–Kier alpha value is -5.26. The second-order valence-corrected chi connectivity index (χ2v) is 16.8. The molecule has 11 nitrogen and oxygen atoms in total. The Morgan fingerprint density at radius 3 is 1.90 bits per heavy atom. The molecule has 0 aromatic heterocycles. The molecule has 1 aliphatic carbocycles. The molecule has 5 rings (SSSR count). The van der Waals surface area contributed by atoms with Gasteiger partial charge in [-0.3, -0.25) is 14.4 Å². The molecule has 1 aliphatic rings. The average Bonchev–Trinajstić information content (AvgIpc) is 3.54. The Morgan fingerprint density at radius 1 is 0.678 bits per heavy atom. The van der Waals surface area contributed by atoms with Crippen LogP contribution in [0.1, 0.15) is 89.8 Å². The number of amides is 4. The summed E-state index contributed by atoms with van der Waals surface area (Å²) < 4.78 is 5.88. The van der Waals surface area contributed by atoms with E-state index in [1.54, 1.807) is 0 Å². The number of carbonyl (C=O) groups excluding carboxylic acids is 4. The maximum Gasteiger partial charge on any atom is 0.407 e. The molecular formula is C48H62N4O7. The van der Waals surface area contributed by atoms with Crippen molar-refractivity contribution in [2.45, 2.75) is 110 Å². The van der Waals surface area contributed by atoms with Gasteiger partial charge in [0.1, 0.15) is 18.7 Å². The van der Waals surface area contributed by atoms with E-state index in [0.717, 1.165) is 45.0 Å². The summed E-state index contributed by atoms with van der Waals surface area (Å²) in [4.78, 5) is 55.1. The quantitative estimate of drug-likeness (QED) is 0.0584. The first-order valence-electron chi connectivity index (χ1n) is 21.1. The van der Waals surface area contributed by atoms with Crippen LogP contribution in [-0.4, -0.2) is 77.5 Å². The Morgan fingerprint density at radius 2 is 1.27 bits per heavy atom. The van der Waals surface area contributed by atoms with Gasteiger partial charge in [-0.25, -0.2) is 4.79 Å². The summed E-state index contributed by atoms with van der Waals surface area (Å²) in [5, 5.41) is 34.5. The first-order chi connectivity index (χ1) is 28.3. The van der Waals surface area contributed by atoms with Crippen LogP contribution >= 0.6 is 0 Å². The van der Waals surface area contributed by atoms with Gasteiger partial charge < -0.3 is 36.2 Å². The van der Waals surface area contributed by atoms with Crippen LogP contribution in [0.25, 0.3) is 21.9 Å². The van der Waals surface area contributed by atoms with E-state index in [0.29, 0.717) is 6.42 Å². The van der Waals surface area contributed by atoms with Crippen molar-refractivity contribution in [1.82, 2.24) is 21.3 Å². The molecule has 59 heavy (non-hydrogen) atoms. The van der Waals surface area contributed by atoms with Crippen molar-refractivity contribution < 1.29 is 34.1 Å². The number of fused-ring (bicyclic) bond motifs is 4. The number of rotatable bonds is 20. The van der Waals surface area contributed by atoms with E-state index in [-0.39, 0.29) is 56.1 Å². The monoisotopic (exact) mass is 806 g/mol. The molecule has 0 fully saturated rings. The Bertz CT molecular complexity index is 2000. The fraction of sp³-hybridized carbons (Fsp3) is 0.458. The van der Waals surface area contributed by atoms with Gasteiger partial charge in [0, 0.05) is 12.3 Å². The SMILES string of the molecule is CCC(C)[C@@H](CO)NC(=O)CC(O)C(CC(C)C)NC(=O)[C@H](CC(C)C)NC(=O)[C@H](Cc1cccc2ccccc12)NC(=O)OCC1c2ccccc2-c2ccccc21. The highest BCUT2D eigenvalue weighted by atomic mass is 16.5. The number of ether oxygens (including phenoxy) is 1. The van der Waals surface area contributed by atoms with Crippen LogP contribution in [0.3, 0.4) is 0 Å². The molecule has 316 valence electrons. The van der Waals surface area contributed by atoms with Crippen LogP contribution in [0.2, 0.25) is 0 Å². The largest absolute Gasteiger partial charge is 0.449 e. The van der Waals surface area contributed by atoms with Crippen LogP contribution in [0, 0.1) is 17.8 Å². The van der Waals surface area contributed by atoms with Gasteiger partial charge in [0.2, 0.25) is 17.7 Å². The summed E-state index contributed by atoms with van der Waals surface area (Å²) >= 11 is 0. The minimum absolute atomic E-state index is 0.00659. The molecule has 11 heteroatoms. The minimum Gasteiger partial charge on any atom is -0.449 e. The third-order valence-electron chi connectivity index (χ3n) is 11.4. The number of aliphatic hydroxyl groups excluding tert-OH is 2. The van der Waals surface area contributed by atoms with E-state index in [1.807, 2.05) is 120 Å². The molecule has 6 N–H and O–H groups in total. The molecule has 0 heterocycles. The average molecular weight is 807 g/mol. The topological polar surface area (TPSA) is 166 Å². The Balaban J connectivity index is 1.33. The van der Waals surface area contributed by atoms with Crippen LogP contribution in [0.15, 0.2) is 91.0 Å². The third-order valence-corrected chi connectivity index (χ3v) is 11.4. The molecule has 4 amide bonds. The van der Waals surface area contributed by atoms with Crippen molar-refractivity contribution >= 4 is 34.6 Å². The van der Waals surface area contributed by atoms with E-state index in [1.165, 1.54) is 0 Å². The number of aliphatic hydroxyl groups is 2. The van der Waals surface area contributed by atoms with Crippen LogP contribution in [0.4, 0.5) is 4.79 Å². The minimum atomic E-state index is -1.22. The lowest BCUT2D eigenvalue weighted by Gasteiger charge is -2.30. The maximum absolute atomic E-state index is 14.4. The zero-order valence-corrected chi connectivity index (χ0v) is 35.2. The first kappa shape index (κ1) is 44.8. The Kier molecular flexibility index (Phi) is 16.1. The predicted octanol–water partition coefficient (Wildman–Crippen LogP) is 6.63. The van der Waals surface area contributed by atoms with Crippen LogP contribution in [-0.2, 0) is 25.5 Å². The van der Waals surface area contributed by atoms with E-state index < -0.39 is 54.1 Å².